The third kappa shape index (κ3) is 15.8. The van der Waals surface area contributed by atoms with Crippen molar-refractivity contribution in [1.82, 2.24) is 4.90 Å². The minimum Gasteiger partial charge on any atom is -0.460 e. The Morgan fingerprint density at radius 2 is 1.59 bits per heavy atom. The Hall–Kier alpha value is -3.41. The molecule has 1 amide bonds. The lowest BCUT2D eigenvalue weighted by atomic mass is 9.78. The second kappa shape index (κ2) is 27.8. The molecule has 5 aliphatic rings. The fourth-order valence-corrected chi connectivity index (χ4v) is 11.3. The fourth-order valence-electron chi connectivity index (χ4n) is 11.3. The molecule has 0 aromatic heterocycles. The van der Waals surface area contributed by atoms with E-state index in [1.807, 2.05) is 58.1 Å². The molecule has 0 spiro atoms. The predicted molar refractivity (Wildman–Crippen MR) is 268 cm³/mol. The van der Waals surface area contributed by atoms with Crippen LogP contribution in [0.1, 0.15) is 138 Å². The molecule has 71 heavy (non-hydrogen) atoms. The molecule has 4 fully saturated rings. The number of carbonyl (C=O) groups is 5. The summed E-state index contributed by atoms with van der Waals surface area (Å²) >= 11 is 0. The standard InChI is InChI=1S/C56H87NO14/c1-34-17-12-11-13-18-35(2)47(65-8)31-42-23-21-40(7)56(64,71-42)53(61)54(62)57-25-15-14-20-44(57)55(63)70-48(32-45(58)36(3)28-39(6)51(60)52(67-10)50(59)38(5)27-34)37(4)29-41-22-24-46(49(30-41)66-9)69-43-19-16-26-68-33-43/h11-13,17-18,28,34,36-38,40-44,46-49,51-52,60,64H,14-16,19-27,29-33H2,1-10H3/b13-11+,17-12+,35-18+,39-28+/t34-,36-,37+,38-,40-,41-,42+,43?,44+,46+,47+,48+,49?,51?,52+,56-/m1/s1. The largest absolute Gasteiger partial charge is 0.460 e. The van der Waals surface area contributed by atoms with E-state index in [0.29, 0.717) is 63.5 Å². The summed E-state index contributed by atoms with van der Waals surface area (Å²) in [6, 6.07) is -1.13. The maximum absolute atomic E-state index is 14.6. The van der Waals surface area contributed by atoms with Crippen LogP contribution in [0.2, 0.25) is 0 Å². The highest BCUT2D eigenvalue weighted by Gasteiger charge is 2.53. The number of Topliss-reactive ketones (excluding diaryl/α,β-unsaturated/α-hetero) is 3. The summed E-state index contributed by atoms with van der Waals surface area (Å²) in [5.41, 5.74) is 1.28. The fraction of sp³-hybridized carbons (Fsp3) is 0.768. The van der Waals surface area contributed by atoms with Crippen molar-refractivity contribution in [3.63, 3.8) is 0 Å². The van der Waals surface area contributed by atoms with Crippen molar-refractivity contribution < 1.29 is 67.3 Å². The summed E-state index contributed by atoms with van der Waals surface area (Å²) in [6.45, 7) is 14.2. The number of esters is 1. The van der Waals surface area contributed by atoms with Crippen LogP contribution in [0.3, 0.4) is 0 Å². The third-order valence-electron chi connectivity index (χ3n) is 15.9. The molecule has 2 N–H and O–H groups in total. The summed E-state index contributed by atoms with van der Waals surface area (Å²) in [5.74, 6) is -7.80. The Kier molecular flexibility index (Phi) is 22.9. The monoisotopic (exact) mass is 998 g/mol. The molecule has 1 saturated carbocycles. The van der Waals surface area contributed by atoms with E-state index in [2.05, 4.69) is 0 Å². The number of rotatable bonds is 8. The molecule has 5 rings (SSSR count). The molecule has 400 valence electrons. The van der Waals surface area contributed by atoms with E-state index >= 15 is 0 Å². The van der Waals surface area contributed by atoms with Gasteiger partial charge >= 0.3 is 5.97 Å². The molecule has 4 heterocycles. The first kappa shape index (κ1) is 58.5. The maximum atomic E-state index is 14.6. The number of fused-ring (bicyclic) bond motifs is 3. The van der Waals surface area contributed by atoms with Gasteiger partial charge in [0.25, 0.3) is 11.7 Å². The van der Waals surface area contributed by atoms with Gasteiger partial charge < -0.3 is 48.3 Å². The highest BCUT2D eigenvalue weighted by atomic mass is 16.6. The Morgan fingerprint density at radius 1 is 0.831 bits per heavy atom. The van der Waals surface area contributed by atoms with Gasteiger partial charge in [-0.1, -0.05) is 71.1 Å². The van der Waals surface area contributed by atoms with Crippen LogP contribution in [-0.4, -0.2) is 146 Å². The number of hydrogen-bond donors (Lipinski definition) is 2. The van der Waals surface area contributed by atoms with Crippen molar-refractivity contribution >= 4 is 29.2 Å². The summed E-state index contributed by atoms with van der Waals surface area (Å²) in [7, 11) is 4.67. The zero-order chi connectivity index (χ0) is 52.0. The van der Waals surface area contributed by atoms with Gasteiger partial charge in [0.15, 0.2) is 5.78 Å². The molecule has 1 aliphatic carbocycles. The lowest BCUT2D eigenvalue weighted by Crippen LogP contribution is -2.61. The van der Waals surface area contributed by atoms with Crippen LogP contribution < -0.4 is 0 Å². The Morgan fingerprint density at radius 3 is 2.28 bits per heavy atom. The van der Waals surface area contributed by atoms with Crippen LogP contribution in [0.15, 0.2) is 47.6 Å². The summed E-state index contributed by atoms with van der Waals surface area (Å²) in [5, 5.41) is 23.5. The normalized spacial score (nSPS) is 40.3. The zero-order valence-corrected chi connectivity index (χ0v) is 44.4. The van der Waals surface area contributed by atoms with Crippen molar-refractivity contribution in [2.45, 2.75) is 199 Å². The van der Waals surface area contributed by atoms with Crippen molar-refractivity contribution in [2.24, 2.45) is 35.5 Å². The second-order valence-electron chi connectivity index (χ2n) is 21.5. The Balaban J connectivity index is 1.44. The third-order valence-corrected chi connectivity index (χ3v) is 15.9. The van der Waals surface area contributed by atoms with Gasteiger partial charge in [-0.15, -0.1) is 0 Å². The first-order valence-electron chi connectivity index (χ1n) is 26.5. The molecule has 15 heteroatoms. The van der Waals surface area contributed by atoms with Gasteiger partial charge in [0.2, 0.25) is 5.79 Å². The smallest absolute Gasteiger partial charge is 0.329 e. The topological polar surface area (TPSA) is 194 Å². The SMILES string of the molecule is COC1C[C@@H](C[C@H](C)[C@@H]2CC(=O)[C@H](C)/C=C(\C)C(O)[C@@H](OC)C(=O)[C@H](C)C[C@H](C)/C=C/C=C/C=C(\C)[C@@H](OC)C[C@@H]3CC[C@@H](C)[C@@](O)(O3)C(=O)C(=O)N3CCCC[C@H]3C(=O)O2)CC[C@@H]1OC1CCCOC1. The van der Waals surface area contributed by atoms with Crippen LogP contribution >= 0.6 is 0 Å². The summed E-state index contributed by atoms with van der Waals surface area (Å²) in [4.78, 5) is 72.5. The molecule has 2 bridgehead atoms. The average molecular weight is 998 g/mol. The van der Waals surface area contributed by atoms with Gasteiger partial charge in [0.1, 0.15) is 30.1 Å². The van der Waals surface area contributed by atoms with Gasteiger partial charge in [0, 0.05) is 65.1 Å². The number of methoxy groups -OCH3 is 3. The number of piperidine rings is 1. The molecular formula is C56H87NO14. The number of allylic oxidation sites excluding steroid dienone is 6. The van der Waals surface area contributed by atoms with Crippen molar-refractivity contribution in [3.05, 3.63) is 47.6 Å². The molecule has 15 nitrogen and oxygen atoms in total. The molecule has 4 aliphatic heterocycles. The van der Waals surface area contributed by atoms with Crippen LogP contribution in [0, 0.1) is 35.5 Å². The van der Waals surface area contributed by atoms with Gasteiger partial charge in [-0.2, -0.15) is 0 Å². The summed E-state index contributed by atoms with van der Waals surface area (Å²) in [6.07, 6.45) is 14.5. The number of ketones is 3. The quantitative estimate of drug-likeness (QED) is 0.139. The molecule has 0 aromatic rings. The molecule has 3 unspecified atom stereocenters. The number of nitrogens with zero attached hydrogens (tertiary/aromatic N) is 1. The summed E-state index contributed by atoms with van der Waals surface area (Å²) < 4.78 is 42.2. The van der Waals surface area contributed by atoms with Gasteiger partial charge in [0.05, 0.1) is 37.1 Å². The van der Waals surface area contributed by atoms with E-state index in [1.165, 1.54) is 12.0 Å². The maximum Gasteiger partial charge on any atom is 0.329 e. The molecule has 16 atom stereocenters. The van der Waals surface area contributed by atoms with Crippen LogP contribution in [-0.2, 0) is 57.1 Å². The van der Waals surface area contributed by atoms with E-state index in [9.17, 15) is 34.2 Å². The van der Waals surface area contributed by atoms with Crippen LogP contribution in [0.5, 0.6) is 0 Å². The molecular weight excluding hydrogens is 911 g/mol. The number of aliphatic hydroxyl groups excluding tert-OH is 1. The first-order chi connectivity index (χ1) is 33.8. The number of ether oxygens (including phenoxy) is 7. The predicted octanol–water partition coefficient (Wildman–Crippen LogP) is 7.38. The molecule has 0 aromatic carbocycles. The minimum atomic E-state index is -2.43. The van der Waals surface area contributed by atoms with E-state index in [0.717, 1.165) is 37.9 Å². The average Bonchev–Trinajstić information content (AvgIpc) is 3.36. The minimum absolute atomic E-state index is 0.0203. The van der Waals surface area contributed by atoms with E-state index in [1.54, 1.807) is 41.1 Å². The molecule has 3 saturated heterocycles. The van der Waals surface area contributed by atoms with Gasteiger partial charge in [-0.25, -0.2) is 4.79 Å². The van der Waals surface area contributed by atoms with Crippen molar-refractivity contribution in [3.8, 4) is 0 Å². The number of cyclic esters (lactones) is 1. The van der Waals surface area contributed by atoms with E-state index in [4.69, 9.17) is 33.2 Å². The number of hydrogen-bond acceptors (Lipinski definition) is 14. The highest BCUT2D eigenvalue weighted by molar-refractivity contribution is 6.39. The number of aliphatic hydroxyl groups is 2. The van der Waals surface area contributed by atoms with Gasteiger partial charge in [-0.3, -0.25) is 19.2 Å². The Bertz CT molecular complexity index is 1910. The van der Waals surface area contributed by atoms with Crippen molar-refractivity contribution in [1.29, 1.82) is 0 Å². The number of carbonyl (C=O) groups excluding carboxylic acids is 5. The van der Waals surface area contributed by atoms with E-state index < -0.39 is 77.8 Å². The lowest BCUT2D eigenvalue weighted by molar-refractivity contribution is -0.265. The van der Waals surface area contributed by atoms with Crippen LogP contribution in [0.25, 0.3) is 0 Å². The Labute approximate surface area is 423 Å². The zero-order valence-electron chi connectivity index (χ0n) is 44.4. The lowest BCUT2D eigenvalue weighted by Gasteiger charge is -2.42. The van der Waals surface area contributed by atoms with E-state index in [-0.39, 0.29) is 67.0 Å². The number of amides is 1. The molecule has 0 radical (unpaired) electrons. The first-order valence-corrected chi connectivity index (χ1v) is 26.5. The highest BCUT2D eigenvalue weighted by Crippen LogP contribution is 2.38. The van der Waals surface area contributed by atoms with Gasteiger partial charge in [-0.05, 0) is 120 Å². The van der Waals surface area contributed by atoms with Crippen LogP contribution in [0.4, 0.5) is 0 Å². The van der Waals surface area contributed by atoms with Crippen molar-refractivity contribution in [2.75, 3.05) is 41.1 Å². The second-order valence-corrected chi connectivity index (χ2v) is 21.5.